The lowest BCUT2D eigenvalue weighted by Crippen LogP contribution is -2.43. The van der Waals surface area contributed by atoms with Crippen molar-refractivity contribution in [1.82, 2.24) is 10.9 Å². The second-order valence-electron chi connectivity index (χ2n) is 4.39. The van der Waals surface area contributed by atoms with Crippen LogP contribution in [0, 0.1) is 13.8 Å². The molecule has 0 aliphatic carbocycles. The standard InChI is InChI=1S/C14H15N3O2S/c1-9-6-10(2)8-11(7-9)15-14(20)17-16-13(18)12-4-3-5-19-12/h3-8H,1-2H3,(H,16,18)(H2,15,17,20). The van der Waals surface area contributed by atoms with Crippen LogP contribution in [-0.2, 0) is 0 Å². The highest BCUT2D eigenvalue weighted by molar-refractivity contribution is 7.80. The molecule has 20 heavy (non-hydrogen) atoms. The van der Waals surface area contributed by atoms with Crippen molar-refractivity contribution in [2.24, 2.45) is 0 Å². The Morgan fingerprint density at radius 3 is 2.45 bits per heavy atom. The number of amides is 1. The van der Waals surface area contributed by atoms with E-state index in [9.17, 15) is 4.79 Å². The summed E-state index contributed by atoms with van der Waals surface area (Å²) in [7, 11) is 0. The van der Waals surface area contributed by atoms with Crippen molar-refractivity contribution in [2.45, 2.75) is 13.8 Å². The second-order valence-corrected chi connectivity index (χ2v) is 4.80. The number of aryl methyl sites for hydroxylation is 2. The van der Waals surface area contributed by atoms with E-state index in [4.69, 9.17) is 16.6 Å². The summed E-state index contributed by atoms with van der Waals surface area (Å²) in [5.74, 6) is -0.175. The van der Waals surface area contributed by atoms with Crippen LogP contribution in [-0.4, -0.2) is 11.0 Å². The molecule has 0 saturated heterocycles. The number of anilines is 1. The quantitative estimate of drug-likeness (QED) is 0.585. The molecule has 1 aromatic heterocycles. The highest BCUT2D eigenvalue weighted by atomic mass is 32.1. The lowest BCUT2D eigenvalue weighted by Gasteiger charge is -2.12. The van der Waals surface area contributed by atoms with Crippen LogP contribution in [0.5, 0.6) is 0 Å². The molecule has 0 aliphatic heterocycles. The zero-order valence-electron chi connectivity index (χ0n) is 11.2. The number of hydrogen-bond acceptors (Lipinski definition) is 3. The number of nitrogens with one attached hydrogen (secondary N) is 3. The summed E-state index contributed by atoms with van der Waals surface area (Å²) in [5.41, 5.74) is 8.20. The smallest absolute Gasteiger partial charge is 0.305 e. The lowest BCUT2D eigenvalue weighted by molar-refractivity contribution is 0.0916. The van der Waals surface area contributed by atoms with E-state index in [-0.39, 0.29) is 11.7 Å². The maximum Gasteiger partial charge on any atom is 0.305 e. The summed E-state index contributed by atoms with van der Waals surface area (Å²) in [4.78, 5) is 11.6. The van der Waals surface area contributed by atoms with Gasteiger partial charge in [0, 0.05) is 5.69 Å². The summed E-state index contributed by atoms with van der Waals surface area (Å²) >= 11 is 5.10. The van der Waals surface area contributed by atoms with E-state index >= 15 is 0 Å². The maximum absolute atomic E-state index is 11.6. The minimum absolute atomic E-state index is 0.215. The largest absolute Gasteiger partial charge is 0.459 e. The third kappa shape index (κ3) is 3.83. The fourth-order valence-corrected chi connectivity index (χ4v) is 1.96. The monoisotopic (exact) mass is 289 g/mol. The predicted octanol–water partition coefficient (Wildman–Crippen LogP) is 2.53. The summed E-state index contributed by atoms with van der Waals surface area (Å²) in [6.07, 6.45) is 1.43. The first kappa shape index (κ1) is 14.1. The Morgan fingerprint density at radius 1 is 1.15 bits per heavy atom. The zero-order valence-corrected chi connectivity index (χ0v) is 12.0. The third-order valence-corrected chi connectivity index (χ3v) is 2.72. The molecule has 6 heteroatoms. The average Bonchev–Trinajstić information content (AvgIpc) is 2.88. The van der Waals surface area contributed by atoms with E-state index in [0.717, 1.165) is 16.8 Å². The Morgan fingerprint density at radius 2 is 1.85 bits per heavy atom. The normalized spacial score (nSPS) is 9.90. The van der Waals surface area contributed by atoms with Gasteiger partial charge < -0.3 is 9.73 Å². The topological polar surface area (TPSA) is 66.3 Å². The molecular formula is C14H15N3O2S. The molecule has 0 fully saturated rings. The second kappa shape index (κ2) is 6.21. The van der Waals surface area contributed by atoms with Crippen LogP contribution in [0.4, 0.5) is 5.69 Å². The van der Waals surface area contributed by atoms with Gasteiger partial charge in [-0.3, -0.25) is 15.6 Å². The van der Waals surface area contributed by atoms with Crippen LogP contribution in [0.25, 0.3) is 0 Å². The maximum atomic E-state index is 11.6. The molecule has 3 N–H and O–H groups in total. The first-order chi connectivity index (χ1) is 9.54. The van der Waals surface area contributed by atoms with E-state index in [0.29, 0.717) is 5.11 Å². The van der Waals surface area contributed by atoms with E-state index in [2.05, 4.69) is 22.2 Å². The fourth-order valence-electron chi connectivity index (χ4n) is 1.79. The van der Waals surface area contributed by atoms with Gasteiger partial charge >= 0.3 is 5.91 Å². The summed E-state index contributed by atoms with van der Waals surface area (Å²) in [6.45, 7) is 4.01. The van der Waals surface area contributed by atoms with Gasteiger partial charge in [0.15, 0.2) is 10.9 Å². The van der Waals surface area contributed by atoms with E-state index in [1.54, 1.807) is 12.1 Å². The first-order valence-electron chi connectivity index (χ1n) is 6.04. The lowest BCUT2D eigenvalue weighted by atomic mass is 10.1. The minimum atomic E-state index is -0.389. The summed E-state index contributed by atoms with van der Waals surface area (Å²) in [6, 6.07) is 9.21. The molecule has 1 amide bonds. The predicted molar refractivity (Wildman–Crippen MR) is 81.4 cm³/mol. The van der Waals surface area contributed by atoms with Gasteiger partial charge in [-0.15, -0.1) is 0 Å². The molecule has 0 atom stereocenters. The van der Waals surface area contributed by atoms with Gasteiger partial charge in [-0.2, -0.15) is 0 Å². The molecule has 0 aliphatic rings. The number of hydrazine groups is 1. The number of carbonyl (C=O) groups is 1. The van der Waals surface area contributed by atoms with Crippen molar-refractivity contribution in [3.8, 4) is 0 Å². The highest BCUT2D eigenvalue weighted by Gasteiger charge is 2.08. The molecule has 2 aromatic rings. The van der Waals surface area contributed by atoms with Crippen molar-refractivity contribution in [2.75, 3.05) is 5.32 Å². The molecule has 0 radical (unpaired) electrons. The van der Waals surface area contributed by atoms with Crippen LogP contribution in [0.15, 0.2) is 41.0 Å². The minimum Gasteiger partial charge on any atom is -0.459 e. The van der Waals surface area contributed by atoms with Crippen molar-refractivity contribution in [1.29, 1.82) is 0 Å². The molecule has 5 nitrogen and oxygen atoms in total. The van der Waals surface area contributed by atoms with Gasteiger partial charge in [-0.1, -0.05) is 6.07 Å². The van der Waals surface area contributed by atoms with Crippen molar-refractivity contribution < 1.29 is 9.21 Å². The molecule has 2 rings (SSSR count). The van der Waals surface area contributed by atoms with Crippen molar-refractivity contribution in [3.05, 3.63) is 53.5 Å². The summed E-state index contributed by atoms with van der Waals surface area (Å²) < 4.78 is 4.96. The first-order valence-corrected chi connectivity index (χ1v) is 6.44. The zero-order chi connectivity index (χ0) is 14.5. The molecule has 1 heterocycles. The van der Waals surface area contributed by atoms with Crippen LogP contribution >= 0.6 is 12.2 Å². The van der Waals surface area contributed by atoms with Crippen LogP contribution in [0.1, 0.15) is 21.7 Å². The molecule has 1 aromatic carbocycles. The van der Waals surface area contributed by atoms with Crippen molar-refractivity contribution >= 4 is 28.9 Å². The van der Waals surface area contributed by atoms with Gasteiger partial charge in [0.05, 0.1) is 6.26 Å². The molecule has 0 saturated carbocycles. The third-order valence-electron chi connectivity index (χ3n) is 2.51. The Labute approximate surface area is 122 Å². The molecule has 0 spiro atoms. The Bertz CT molecular complexity index is 603. The van der Waals surface area contributed by atoms with Gasteiger partial charge in [0.25, 0.3) is 0 Å². The Balaban J connectivity index is 1.88. The average molecular weight is 289 g/mol. The van der Waals surface area contributed by atoms with Crippen LogP contribution in [0.2, 0.25) is 0 Å². The number of furan rings is 1. The number of benzene rings is 1. The van der Waals surface area contributed by atoms with Gasteiger partial charge in [0.1, 0.15) is 0 Å². The number of hydrogen-bond donors (Lipinski definition) is 3. The van der Waals surface area contributed by atoms with E-state index < -0.39 is 0 Å². The van der Waals surface area contributed by atoms with Gasteiger partial charge in [-0.25, -0.2) is 0 Å². The van der Waals surface area contributed by atoms with Gasteiger partial charge in [-0.05, 0) is 61.5 Å². The van der Waals surface area contributed by atoms with Crippen LogP contribution < -0.4 is 16.2 Å². The fraction of sp³-hybridized carbons (Fsp3) is 0.143. The molecular weight excluding hydrogens is 274 g/mol. The van der Waals surface area contributed by atoms with Gasteiger partial charge in [0.2, 0.25) is 0 Å². The molecule has 104 valence electrons. The van der Waals surface area contributed by atoms with Crippen molar-refractivity contribution in [3.63, 3.8) is 0 Å². The number of thiocarbonyl (C=S) groups is 1. The van der Waals surface area contributed by atoms with E-state index in [1.807, 2.05) is 26.0 Å². The highest BCUT2D eigenvalue weighted by Crippen LogP contribution is 2.13. The van der Waals surface area contributed by atoms with Crippen LogP contribution in [0.3, 0.4) is 0 Å². The summed E-state index contributed by atoms with van der Waals surface area (Å²) in [5, 5.41) is 3.30. The SMILES string of the molecule is Cc1cc(C)cc(NC(=S)NNC(=O)c2ccco2)c1. The van der Waals surface area contributed by atoms with E-state index in [1.165, 1.54) is 6.26 Å². The Hall–Kier alpha value is -2.34. The number of rotatable bonds is 2. The number of carbonyl (C=O) groups excluding carboxylic acids is 1. The Kier molecular flexibility index (Phi) is 4.37. The molecule has 0 bridgehead atoms. The molecule has 0 unspecified atom stereocenters.